The van der Waals surface area contributed by atoms with Crippen LogP contribution in [0.15, 0.2) is 0 Å². The molecule has 0 aliphatic carbocycles. The molecule has 3 nitrogen and oxygen atoms in total. The lowest BCUT2D eigenvalue weighted by atomic mass is 9.90. The number of aryl methyl sites for hydroxylation is 1. The summed E-state index contributed by atoms with van der Waals surface area (Å²) < 4.78 is 0. The van der Waals surface area contributed by atoms with Gasteiger partial charge in [0, 0.05) is 23.6 Å². The molecule has 1 saturated heterocycles. The topological polar surface area (TPSA) is 40.7 Å². The second-order valence-electron chi connectivity index (χ2n) is 6.11. The molecule has 1 aliphatic heterocycles. The molecule has 2 rings (SSSR count). The van der Waals surface area contributed by atoms with E-state index in [1.807, 2.05) is 0 Å². The number of aromatic amines is 1. The van der Waals surface area contributed by atoms with E-state index in [0.717, 1.165) is 25.2 Å². The molecular weight excluding hydrogens is 210 g/mol. The Balaban J connectivity index is 2.15. The lowest BCUT2D eigenvalue weighted by Gasteiger charge is -2.16. The van der Waals surface area contributed by atoms with E-state index in [1.54, 1.807) is 0 Å². The van der Waals surface area contributed by atoms with Gasteiger partial charge < -0.3 is 10.3 Å². The Bertz CT molecular complexity index is 367. The van der Waals surface area contributed by atoms with Gasteiger partial charge in [0.2, 0.25) is 0 Å². The minimum atomic E-state index is 0.142. The summed E-state index contributed by atoms with van der Waals surface area (Å²) in [5, 5.41) is 3.53. The monoisotopic (exact) mass is 235 g/mol. The molecule has 0 radical (unpaired) electrons. The van der Waals surface area contributed by atoms with Crippen molar-refractivity contribution >= 4 is 0 Å². The number of hydrogen-bond acceptors (Lipinski definition) is 2. The first-order valence-corrected chi connectivity index (χ1v) is 6.82. The van der Waals surface area contributed by atoms with Gasteiger partial charge in [-0.3, -0.25) is 0 Å². The van der Waals surface area contributed by atoms with Gasteiger partial charge in [-0.1, -0.05) is 27.7 Å². The maximum Gasteiger partial charge on any atom is 0.108 e. The smallest absolute Gasteiger partial charge is 0.108 e. The molecule has 0 aromatic carbocycles. The minimum absolute atomic E-state index is 0.142. The summed E-state index contributed by atoms with van der Waals surface area (Å²) in [6.45, 7) is 10.1. The Morgan fingerprint density at radius 1 is 1.35 bits per heavy atom. The fourth-order valence-corrected chi connectivity index (χ4v) is 2.60. The summed E-state index contributed by atoms with van der Waals surface area (Å²) in [5.41, 5.74) is 2.70. The average Bonchev–Trinajstić information content (AvgIpc) is 2.86. The predicted molar refractivity (Wildman–Crippen MR) is 71.4 cm³/mol. The quantitative estimate of drug-likeness (QED) is 0.845. The standard InChI is InChI=1S/C14H25N3/c1-5-11-13(14(2,3)4)17-12(16-11)9-10-7-6-8-15-10/h10,15H,5-9H2,1-4H3,(H,16,17). The van der Waals surface area contributed by atoms with Crippen molar-refractivity contribution in [3.63, 3.8) is 0 Å². The normalized spacial score (nSPS) is 21.1. The molecule has 2 N–H and O–H groups in total. The van der Waals surface area contributed by atoms with Crippen molar-refractivity contribution in [2.75, 3.05) is 6.54 Å². The third kappa shape index (κ3) is 2.89. The first-order valence-electron chi connectivity index (χ1n) is 6.82. The lowest BCUT2D eigenvalue weighted by molar-refractivity contribution is 0.557. The van der Waals surface area contributed by atoms with Crippen LogP contribution in [0.2, 0.25) is 0 Å². The van der Waals surface area contributed by atoms with Gasteiger partial charge in [-0.05, 0) is 25.8 Å². The molecule has 0 amide bonds. The fraction of sp³-hybridized carbons (Fsp3) is 0.786. The molecule has 1 unspecified atom stereocenters. The van der Waals surface area contributed by atoms with Crippen LogP contribution < -0.4 is 5.32 Å². The Hall–Kier alpha value is -0.830. The van der Waals surface area contributed by atoms with Crippen LogP contribution in [0.1, 0.15) is 57.7 Å². The molecular formula is C14H25N3. The van der Waals surface area contributed by atoms with E-state index in [9.17, 15) is 0 Å². The molecule has 17 heavy (non-hydrogen) atoms. The van der Waals surface area contributed by atoms with Gasteiger partial charge in [0.15, 0.2) is 0 Å². The number of aromatic nitrogens is 2. The molecule has 0 saturated carbocycles. The number of imidazole rings is 1. The van der Waals surface area contributed by atoms with E-state index < -0.39 is 0 Å². The van der Waals surface area contributed by atoms with Gasteiger partial charge in [-0.15, -0.1) is 0 Å². The SMILES string of the molecule is CCc1[nH]c(CC2CCCN2)nc1C(C)(C)C. The van der Waals surface area contributed by atoms with Crippen LogP contribution in [-0.4, -0.2) is 22.6 Å². The maximum absolute atomic E-state index is 4.82. The fourth-order valence-electron chi connectivity index (χ4n) is 2.60. The number of nitrogens with one attached hydrogen (secondary N) is 2. The molecule has 1 fully saturated rings. The Kier molecular flexibility index (Phi) is 3.57. The summed E-state index contributed by atoms with van der Waals surface area (Å²) in [6.07, 6.45) is 4.67. The summed E-state index contributed by atoms with van der Waals surface area (Å²) >= 11 is 0. The van der Waals surface area contributed by atoms with E-state index in [2.05, 4.69) is 38.0 Å². The van der Waals surface area contributed by atoms with Crippen molar-refractivity contribution in [2.24, 2.45) is 0 Å². The number of H-pyrrole nitrogens is 1. The summed E-state index contributed by atoms with van der Waals surface area (Å²) in [7, 11) is 0. The highest BCUT2D eigenvalue weighted by Crippen LogP contribution is 2.25. The lowest BCUT2D eigenvalue weighted by Crippen LogP contribution is -2.24. The second kappa shape index (κ2) is 4.81. The first kappa shape index (κ1) is 12.6. The van der Waals surface area contributed by atoms with Crippen LogP contribution >= 0.6 is 0 Å². The molecule has 1 aromatic rings. The minimum Gasteiger partial charge on any atom is -0.346 e. The van der Waals surface area contributed by atoms with Gasteiger partial charge in [0.05, 0.1) is 5.69 Å². The van der Waals surface area contributed by atoms with Crippen LogP contribution in [-0.2, 0) is 18.3 Å². The second-order valence-corrected chi connectivity index (χ2v) is 6.11. The van der Waals surface area contributed by atoms with Gasteiger partial charge in [0.1, 0.15) is 5.82 Å². The third-order valence-corrected chi connectivity index (χ3v) is 3.49. The van der Waals surface area contributed by atoms with Crippen LogP contribution in [0.3, 0.4) is 0 Å². The highest BCUT2D eigenvalue weighted by molar-refractivity contribution is 5.22. The molecule has 96 valence electrons. The largest absolute Gasteiger partial charge is 0.346 e. The van der Waals surface area contributed by atoms with Crippen LogP contribution in [0.5, 0.6) is 0 Å². The van der Waals surface area contributed by atoms with Crippen molar-refractivity contribution in [3.8, 4) is 0 Å². The van der Waals surface area contributed by atoms with E-state index >= 15 is 0 Å². The Morgan fingerprint density at radius 2 is 2.12 bits per heavy atom. The molecule has 2 heterocycles. The predicted octanol–water partition coefficient (Wildman–Crippen LogP) is 2.56. The summed E-state index contributed by atoms with van der Waals surface area (Å²) in [5.74, 6) is 1.16. The van der Waals surface area contributed by atoms with E-state index in [4.69, 9.17) is 4.98 Å². The number of rotatable bonds is 3. The molecule has 0 bridgehead atoms. The highest BCUT2D eigenvalue weighted by atomic mass is 15.0. The van der Waals surface area contributed by atoms with E-state index in [0.29, 0.717) is 6.04 Å². The average molecular weight is 235 g/mol. The zero-order chi connectivity index (χ0) is 12.5. The van der Waals surface area contributed by atoms with Gasteiger partial charge in [-0.2, -0.15) is 0 Å². The number of hydrogen-bond donors (Lipinski definition) is 2. The van der Waals surface area contributed by atoms with Crippen molar-refractivity contribution in [3.05, 3.63) is 17.2 Å². The number of nitrogens with zero attached hydrogens (tertiary/aromatic N) is 1. The summed E-state index contributed by atoms with van der Waals surface area (Å²) in [6, 6.07) is 0.624. The Morgan fingerprint density at radius 3 is 2.59 bits per heavy atom. The van der Waals surface area contributed by atoms with Gasteiger partial charge in [-0.25, -0.2) is 4.98 Å². The van der Waals surface area contributed by atoms with Crippen molar-refractivity contribution in [1.29, 1.82) is 0 Å². The molecule has 0 spiro atoms. The van der Waals surface area contributed by atoms with Crippen LogP contribution in [0.4, 0.5) is 0 Å². The molecule has 1 atom stereocenters. The maximum atomic E-state index is 4.82. The Labute approximate surface area is 104 Å². The van der Waals surface area contributed by atoms with Crippen LogP contribution in [0.25, 0.3) is 0 Å². The third-order valence-electron chi connectivity index (χ3n) is 3.49. The first-order chi connectivity index (χ1) is 8.00. The van der Waals surface area contributed by atoms with E-state index in [1.165, 1.54) is 24.2 Å². The molecule has 1 aliphatic rings. The van der Waals surface area contributed by atoms with Crippen molar-refractivity contribution < 1.29 is 0 Å². The molecule has 3 heteroatoms. The van der Waals surface area contributed by atoms with Gasteiger partial charge in [0.25, 0.3) is 0 Å². The molecule has 1 aromatic heterocycles. The van der Waals surface area contributed by atoms with Crippen LogP contribution in [0, 0.1) is 0 Å². The summed E-state index contributed by atoms with van der Waals surface area (Å²) in [4.78, 5) is 8.33. The van der Waals surface area contributed by atoms with Gasteiger partial charge >= 0.3 is 0 Å². The zero-order valence-corrected chi connectivity index (χ0v) is 11.6. The van der Waals surface area contributed by atoms with Crippen molar-refractivity contribution in [2.45, 2.75) is 64.8 Å². The highest BCUT2D eigenvalue weighted by Gasteiger charge is 2.23. The van der Waals surface area contributed by atoms with Crippen molar-refractivity contribution in [1.82, 2.24) is 15.3 Å². The van der Waals surface area contributed by atoms with E-state index in [-0.39, 0.29) is 5.41 Å². The zero-order valence-electron chi connectivity index (χ0n) is 11.6.